The largest absolute Gasteiger partial charge is 0.323 e. The van der Waals surface area contributed by atoms with E-state index >= 15 is 0 Å². The maximum absolute atomic E-state index is 10.8. The molecule has 0 aliphatic carbocycles. The van der Waals surface area contributed by atoms with Crippen molar-refractivity contribution >= 4 is 22.2 Å². The van der Waals surface area contributed by atoms with Crippen molar-refractivity contribution in [1.29, 1.82) is 0 Å². The van der Waals surface area contributed by atoms with Gasteiger partial charge in [0, 0.05) is 17.8 Å². The summed E-state index contributed by atoms with van der Waals surface area (Å²) in [6.07, 6.45) is 2.06. The van der Waals surface area contributed by atoms with E-state index in [9.17, 15) is 4.79 Å². The van der Waals surface area contributed by atoms with Crippen molar-refractivity contribution in [3.8, 4) is 0 Å². The average molecular weight is 212 g/mol. The third-order valence-electron chi connectivity index (χ3n) is 1.89. The number of nitrogens with one attached hydrogen (secondary N) is 1. The predicted molar refractivity (Wildman–Crippen MR) is 60.5 cm³/mol. The van der Waals surface area contributed by atoms with Gasteiger partial charge >= 0.3 is 0 Å². The van der Waals surface area contributed by atoms with Crippen molar-refractivity contribution < 1.29 is 4.79 Å². The van der Waals surface area contributed by atoms with E-state index in [2.05, 4.69) is 12.2 Å². The number of nitrogens with two attached hydrogens (primary N) is 1. The summed E-state index contributed by atoms with van der Waals surface area (Å²) in [7, 11) is 0. The van der Waals surface area contributed by atoms with Gasteiger partial charge in [-0.25, -0.2) is 0 Å². The molecule has 3 nitrogen and oxygen atoms in total. The molecule has 78 valence electrons. The Hall–Kier alpha value is -0.870. The summed E-state index contributed by atoms with van der Waals surface area (Å²) in [5.41, 5.74) is 5.95. The molecule has 0 saturated heterocycles. The molecule has 0 aliphatic rings. The lowest BCUT2D eigenvalue weighted by molar-refractivity contribution is -0.114. The highest BCUT2D eigenvalue weighted by atomic mass is 32.1. The fraction of sp³-hybridized carbons (Fsp3) is 0.500. The van der Waals surface area contributed by atoms with E-state index in [0.29, 0.717) is 0 Å². The lowest BCUT2D eigenvalue weighted by atomic mass is 10.1. The summed E-state index contributed by atoms with van der Waals surface area (Å²) in [5, 5.41) is 3.62. The topological polar surface area (TPSA) is 55.1 Å². The van der Waals surface area contributed by atoms with Crippen molar-refractivity contribution in [2.45, 2.75) is 32.7 Å². The number of hydrogen-bond acceptors (Lipinski definition) is 3. The van der Waals surface area contributed by atoms with Gasteiger partial charge in [0.15, 0.2) is 0 Å². The minimum absolute atomic E-state index is 0.0394. The Morgan fingerprint density at radius 2 is 2.36 bits per heavy atom. The molecule has 1 aromatic rings. The number of hydrogen-bond donors (Lipinski definition) is 2. The Morgan fingerprint density at radius 1 is 1.64 bits per heavy atom. The van der Waals surface area contributed by atoms with Crippen molar-refractivity contribution in [2.75, 3.05) is 5.32 Å². The quantitative estimate of drug-likeness (QED) is 0.805. The fourth-order valence-corrected chi connectivity index (χ4v) is 2.24. The first-order valence-electron chi connectivity index (χ1n) is 4.76. The number of carbonyl (C=O) groups is 1. The average Bonchev–Trinajstić information content (AvgIpc) is 2.52. The molecule has 1 atom stereocenters. The van der Waals surface area contributed by atoms with Crippen LogP contribution in [0.4, 0.5) is 5.00 Å². The summed E-state index contributed by atoms with van der Waals surface area (Å²) in [6, 6.07) is 3.99. The molecule has 1 heterocycles. The summed E-state index contributed by atoms with van der Waals surface area (Å²) < 4.78 is 0. The van der Waals surface area contributed by atoms with Gasteiger partial charge in [0.25, 0.3) is 0 Å². The Kier molecular flexibility index (Phi) is 4.10. The normalized spacial score (nSPS) is 12.5. The predicted octanol–water partition coefficient (Wildman–Crippen LogP) is 2.51. The van der Waals surface area contributed by atoms with E-state index in [-0.39, 0.29) is 11.9 Å². The van der Waals surface area contributed by atoms with E-state index in [1.165, 1.54) is 6.92 Å². The lowest BCUT2D eigenvalue weighted by Crippen LogP contribution is -2.07. The monoisotopic (exact) mass is 212 g/mol. The smallest absolute Gasteiger partial charge is 0.221 e. The van der Waals surface area contributed by atoms with Crippen LogP contribution in [0.2, 0.25) is 0 Å². The molecule has 3 N–H and O–H groups in total. The van der Waals surface area contributed by atoms with Gasteiger partial charge in [0.2, 0.25) is 5.91 Å². The number of anilines is 1. The second-order valence-corrected chi connectivity index (χ2v) is 4.39. The van der Waals surface area contributed by atoms with Crippen molar-refractivity contribution in [3.63, 3.8) is 0 Å². The van der Waals surface area contributed by atoms with Crippen LogP contribution in [0.1, 0.15) is 37.6 Å². The maximum Gasteiger partial charge on any atom is 0.221 e. The van der Waals surface area contributed by atoms with Crippen LogP contribution < -0.4 is 11.1 Å². The van der Waals surface area contributed by atoms with Crippen LogP contribution in [0, 0.1) is 0 Å². The molecule has 14 heavy (non-hydrogen) atoms. The van der Waals surface area contributed by atoms with Crippen LogP contribution >= 0.6 is 11.3 Å². The van der Waals surface area contributed by atoms with E-state index in [0.717, 1.165) is 22.7 Å². The number of thiophene rings is 1. The van der Waals surface area contributed by atoms with Gasteiger partial charge in [-0.05, 0) is 18.6 Å². The van der Waals surface area contributed by atoms with Crippen LogP contribution in [0.5, 0.6) is 0 Å². The van der Waals surface area contributed by atoms with Crippen LogP contribution in [-0.2, 0) is 4.79 Å². The summed E-state index contributed by atoms with van der Waals surface area (Å²) in [5.74, 6) is -0.0394. The first-order chi connectivity index (χ1) is 6.63. The minimum atomic E-state index is -0.0394. The minimum Gasteiger partial charge on any atom is -0.323 e. The zero-order chi connectivity index (χ0) is 10.6. The number of rotatable bonds is 4. The van der Waals surface area contributed by atoms with Gasteiger partial charge < -0.3 is 11.1 Å². The highest BCUT2D eigenvalue weighted by molar-refractivity contribution is 7.16. The lowest BCUT2D eigenvalue weighted by Gasteiger charge is -2.06. The molecule has 4 heteroatoms. The standard InChI is InChI=1S/C10H16N2OS/c1-3-4-8(11)9-5-6-10(14-9)12-7(2)13/h5-6,8H,3-4,11H2,1-2H3,(H,12,13). The Bertz CT molecular complexity index is 309. The van der Waals surface area contributed by atoms with Gasteiger partial charge in [-0.1, -0.05) is 13.3 Å². The molecule has 1 amide bonds. The Labute approximate surface area is 88.3 Å². The Morgan fingerprint density at radius 3 is 2.93 bits per heavy atom. The van der Waals surface area contributed by atoms with E-state index in [1.807, 2.05) is 12.1 Å². The molecule has 0 aromatic carbocycles. The first-order valence-corrected chi connectivity index (χ1v) is 5.58. The fourth-order valence-electron chi connectivity index (χ4n) is 1.25. The summed E-state index contributed by atoms with van der Waals surface area (Å²) in [6.45, 7) is 3.62. The molecule has 1 aromatic heterocycles. The summed E-state index contributed by atoms with van der Waals surface area (Å²) >= 11 is 1.55. The summed E-state index contributed by atoms with van der Waals surface area (Å²) in [4.78, 5) is 11.9. The molecular formula is C10H16N2OS. The Balaban J connectivity index is 2.62. The van der Waals surface area contributed by atoms with Crippen molar-refractivity contribution in [3.05, 3.63) is 17.0 Å². The van der Waals surface area contributed by atoms with Crippen molar-refractivity contribution in [2.24, 2.45) is 5.73 Å². The van der Waals surface area contributed by atoms with Gasteiger partial charge in [0.1, 0.15) is 0 Å². The van der Waals surface area contributed by atoms with Gasteiger partial charge in [-0.2, -0.15) is 0 Å². The molecule has 0 aliphatic heterocycles. The second kappa shape index (κ2) is 5.12. The zero-order valence-electron chi connectivity index (χ0n) is 8.54. The molecule has 1 rings (SSSR count). The highest BCUT2D eigenvalue weighted by Gasteiger charge is 2.08. The van der Waals surface area contributed by atoms with Crippen molar-refractivity contribution in [1.82, 2.24) is 0 Å². The molecule has 0 saturated carbocycles. The van der Waals surface area contributed by atoms with E-state index in [4.69, 9.17) is 5.73 Å². The molecule has 0 radical (unpaired) electrons. The number of carbonyl (C=O) groups excluding carboxylic acids is 1. The van der Waals surface area contributed by atoms with Gasteiger partial charge in [-0.15, -0.1) is 11.3 Å². The molecule has 0 bridgehead atoms. The SMILES string of the molecule is CCCC(N)c1ccc(NC(C)=O)s1. The van der Waals surface area contributed by atoms with Gasteiger partial charge in [-0.3, -0.25) is 4.79 Å². The van der Waals surface area contributed by atoms with E-state index < -0.39 is 0 Å². The molecular weight excluding hydrogens is 196 g/mol. The zero-order valence-corrected chi connectivity index (χ0v) is 9.36. The van der Waals surface area contributed by atoms with Crippen LogP contribution in [0.25, 0.3) is 0 Å². The van der Waals surface area contributed by atoms with Crippen LogP contribution in [0.3, 0.4) is 0 Å². The molecule has 1 unspecified atom stereocenters. The van der Waals surface area contributed by atoms with Crippen LogP contribution in [-0.4, -0.2) is 5.91 Å². The van der Waals surface area contributed by atoms with E-state index in [1.54, 1.807) is 11.3 Å². The van der Waals surface area contributed by atoms with Crippen LogP contribution in [0.15, 0.2) is 12.1 Å². The third kappa shape index (κ3) is 3.12. The maximum atomic E-state index is 10.8. The van der Waals surface area contributed by atoms with Gasteiger partial charge in [0.05, 0.1) is 5.00 Å². The third-order valence-corrected chi connectivity index (χ3v) is 3.02. The highest BCUT2D eigenvalue weighted by Crippen LogP contribution is 2.28. The first kappa shape index (κ1) is 11.2. The second-order valence-electron chi connectivity index (χ2n) is 3.28. The molecule has 0 fully saturated rings. The number of amides is 1. The molecule has 0 spiro atoms.